The Morgan fingerprint density at radius 2 is 2.44 bits per heavy atom. The molecule has 1 aliphatic rings. The summed E-state index contributed by atoms with van der Waals surface area (Å²) in [5.41, 5.74) is 0.952. The van der Waals surface area contributed by atoms with Gasteiger partial charge in [0.2, 0.25) is 0 Å². The van der Waals surface area contributed by atoms with Crippen molar-refractivity contribution >= 4 is 33.6 Å². The molecule has 1 aliphatic heterocycles. The molecule has 1 fully saturated rings. The normalized spacial score (nSPS) is 21.4. The summed E-state index contributed by atoms with van der Waals surface area (Å²) in [5, 5.41) is 9.02. The average molecular weight is 329 g/mol. The fourth-order valence-corrected chi connectivity index (χ4v) is 2.76. The van der Waals surface area contributed by atoms with Gasteiger partial charge in [0.1, 0.15) is 10.0 Å². The number of nitrogens with zero attached hydrogens (tertiary/aromatic N) is 4. The van der Waals surface area contributed by atoms with Crippen LogP contribution in [0.5, 0.6) is 0 Å². The van der Waals surface area contributed by atoms with E-state index in [-0.39, 0.29) is 0 Å². The van der Waals surface area contributed by atoms with Gasteiger partial charge in [0.25, 0.3) is 0 Å². The van der Waals surface area contributed by atoms with E-state index in [2.05, 4.69) is 43.0 Å². The Bertz CT molecular complexity index is 503. The van der Waals surface area contributed by atoms with E-state index in [1.165, 1.54) is 12.8 Å². The molecule has 5 nitrogen and oxygen atoms in total. The van der Waals surface area contributed by atoms with E-state index in [1.54, 1.807) is 6.33 Å². The molecule has 0 saturated carbocycles. The number of rotatable bonds is 1. The molecule has 0 aromatic carbocycles. The fourth-order valence-electron chi connectivity index (χ4n) is 2.14. The van der Waals surface area contributed by atoms with Gasteiger partial charge in [-0.25, -0.2) is 14.6 Å². The first-order valence-electron chi connectivity index (χ1n) is 5.40. The largest absolute Gasteiger partial charge is 0.315 e. The molecule has 84 valence electrons. The van der Waals surface area contributed by atoms with Crippen LogP contribution in [0, 0.1) is 3.70 Å². The third kappa shape index (κ3) is 1.69. The zero-order chi connectivity index (χ0) is 11.0. The van der Waals surface area contributed by atoms with E-state index in [0.717, 1.165) is 27.8 Å². The van der Waals surface area contributed by atoms with Crippen LogP contribution in [0.2, 0.25) is 0 Å². The summed E-state index contributed by atoms with van der Waals surface area (Å²) in [6.45, 7) is 2.10. The van der Waals surface area contributed by atoms with Crippen LogP contribution in [-0.4, -0.2) is 32.8 Å². The highest BCUT2D eigenvalue weighted by Gasteiger charge is 2.20. The fraction of sp³-hybridized carbons (Fsp3) is 0.500. The number of aromatic nitrogens is 4. The molecular weight excluding hydrogens is 317 g/mol. The number of hydrogen-bond acceptors (Lipinski definition) is 4. The first kappa shape index (κ1) is 10.4. The maximum absolute atomic E-state index is 4.57. The van der Waals surface area contributed by atoms with Crippen LogP contribution in [-0.2, 0) is 0 Å². The summed E-state index contributed by atoms with van der Waals surface area (Å²) in [6, 6.07) is 0.426. The van der Waals surface area contributed by atoms with Crippen LogP contribution in [0.4, 0.5) is 0 Å². The SMILES string of the molecule is Ic1nn(C2CCCNC2)c2ncncc12. The lowest BCUT2D eigenvalue weighted by Gasteiger charge is -2.23. The summed E-state index contributed by atoms with van der Waals surface area (Å²) in [6.07, 6.45) is 5.80. The van der Waals surface area contributed by atoms with Crippen LogP contribution < -0.4 is 5.32 Å². The molecule has 3 rings (SSSR count). The van der Waals surface area contributed by atoms with Gasteiger partial charge in [-0.05, 0) is 42.0 Å². The summed E-state index contributed by atoms with van der Waals surface area (Å²) in [7, 11) is 0. The predicted molar refractivity (Wildman–Crippen MR) is 69.2 cm³/mol. The van der Waals surface area contributed by atoms with Crippen molar-refractivity contribution < 1.29 is 0 Å². The summed E-state index contributed by atoms with van der Waals surface area (Å²) in [5.74, 6) is 0. The van der Waals surface area contributed by atoms with Gasteiger partial charge < -0.3 is 5.32 Å². The quantitative estimate of drug-likeness (QED) is 0.803. The minimum atomic E-state index is 0.426. The van der Waals surface area contributed by atoms with Crippen molar-refractivity contribution in [2.75, 3.05) is 13.1 Å². The van der Waals surface area contributed by atoms with Crippen molar-refractivity contribution in [1.29, 1.82) is 0 Å². The Labute approximate surface area is 107 Å². The van der Waals surface area contributed by atoms with Crippen LogP contribution in [0.1, 0.15) is 18.9 Å². The van der Waals surface area contributed by atoms with E-state index < -0.39 is 0 Å². The molecular formula is C10H12IN5. The zero-order valence-electron chi connectivity index (χ0n) is 8.73. The molecule has 1 saturated heterocycles. The Hall–Kier alpha value is -0.760. The number of fused-ring (bicyclic) bond motifs is 1. The Morgan fingerprint density at radius 3 is 3.25 bits per heavy atom. The summed E-state index contributed by atoms with van der Waals surface area (Å²) in [4.78, 5) is 8.38. The standard InChI is InChI=1S/C10H12IN5/c11-9-8-5-13-6-14-10(8)16(15-9)7-2-1-3-12-4-7/h5-7,12H,1-4H2. The van der Waals surface area contributed by atoms with Crippen LogP contribution >= 0.6 is 22.6 Å². The molecule has 0 spiro atoms. The van der Waals surface area contributed by atoms with Gasteiger partial charge in [-0.1, -0.05) is 0 Å². The topological polar surface area (TPSA) is 55.6 Å². The summed E-state index contributed by atoms with van der Waals surface area (Å²) >= 11 is 2.24. The van der Waals surface area contributed by atoms with Gasteiger partial charge in [0.15, 0.2) is 5.65 Å². The highest BCUT2D eigenvalue weighted by atomic mass is 127. The first-order valence-corrected chi connectivity index (χ1v) is 6.48. The molecule has 0 aliphatic carbocycles. The van der Waals surface area contributed by atoms with Crippen LogP contribution in [0.15, 0.2) is 12.5 Å². The first-order chi connectivity index (χ1) is 7.86. The molecule has 1 atom stereocenters. The van der Waals surface area contributed by atoms with Gasteiger partial charge in [-0.2, -0.15) is 5.10 Å². The highest BCUT2D eigenvalue weighted by Crippen LogP contribution is 2.23. The second-order valence-electron chi connectivity index (χ2n) is 4.00. The Morgan fingerprint density at radius 1 is 1.50 bits per heavy atom. The maximum atomic E-state index is 4.57. The lowest BCUT2D eigenvalue weighted by atomic mass is 10.1. The third-order valence-corrected chi connectivity index (χ3v) is 3.74. The van der Waals surface area contributed by atoms with E-state index in [4.69, 9.17) is 0 Å². The zero-order valence-corrected chi connectivity index (χ0v) is 10.9. The van der Waals surface area contributed by atoms with Crippen molar-refractivity contribution in [2.24, 2.45) is 0 Å². The van der Waals surface area contributed by atoms with Gasteiger partial charge >= 0.3 is 0 Å². The minimum Gasteiger partial charge on any atom is -0.315 e. The van der Waals surface area contributed by atoms with Crippen LogP contribution in [0.3, 0.4) is 0 Å². The highest BCUT2D eigenvalue weighted by molar-refractivity contribution is 14.1. The number of nitrogens with one attached hydrogen (secondary N) is 1. The number of halogens is 1. The van der Waals surface area contributed by atoms with E-state index in [0.29, 0.717) is 6.04 Å². The molecule has 0 bridgehead atoms. The van der Waals surface area contributed by atoms with Crippen LogP contribution in [0.25, 0.3) is 11.0 Å². The molecule has 2 aromatic heterocycles. The minimum absolute atomic E-state index is 0.426. The number of piperidine rings is 1. The Balaban J connectivity index is 2.08. The second kappa shape index (κ2) is 4.25. The van der Waals surface area contributed by atoms with E-state index >= 15 is 0 Å². The molecule has 0 radical (unpaired) electrons. The van der Waals surface area contributed by atoms with Crippen molar-refractivity contribution in [1.82, 2.24) is 25.1 Å². The van der Waals surface area contributed by atoms with Crippen molar-refractivity contribution in [2.45, 2.75) is 18.9 Å². The average Bonchev–Trinajstić information content (AvgIpc) is 2.69. The summed E-state index contributed by atoms with van der Waals surface area (Å²) < 4.78 is 3.03. The van der Waals surface area contributed by atoms with Crippen molar-refractivity contribution in [3.63, 3.8) is 0 Å². The third-order valence-electron chi connectivity index (χ3n) is 2.94. The molecule has 0 amide bonds. The molecule has 16 heavy (non-hydrogen) atoms. The van der Waals surface area contributed by atoms with Gasteiger partial charge in [0.05, 0.1) is 11.4 Å². The molecule has 2 aromatic rings. The number of hydrogen-bond donors (Lipinski definition) is 1. The smallest absolute Gasteiger partial charge is 0.162 e. The van der Waals surface area contributed by atoms with Gasteiger partial charge in [-0.3, -0.25) is 0 Å². The maximum Gasteiger partial charge on any atom is 0.162 e. The molecule has 1 unspecified atom stereocenters. The molecule has 3 heterocycles. The van der Waals surface area contributed by atoms with Gasteiger partial charge in [0, 0.05) is 12.7 Å². The van der Waals surface area contributed by atoms with E-state index in [1.807, 2.05) is 10.9 Å². The van der Waals surface area contributed by atoms with Crippen molar-refractivity contribution in [3.05, 3.63) is 16.2 Å². The van der Waals surface area contributed by atoms with Gasteiger partial charge in [-0.15, -0.1) is 0 Å². The lowest BCUT2D eigenvalue weighted by Crippen LogP contribution is -2.32. The monoisotopic (exact) mass is 329 g/mol. The Kier molecular flexibility index (Phi) is 2.76. The molecule has 1 N–H and O–H groups in total. The lowest BCUT2D eigenvalue weighted by molar-refractivity contribution is 0.352. The van der Waals surface area contributed by atoms with Crippen molar-refractivity contribution in [3.8, 4) is 0 Å². The van der Waals surface area contributed by atoms with E-state index in [9.17, 15) is 0 Å². The molecule has 6 heteroatoms. The second-order valence-corrected chi connectivity index (χ2v) is 5.02. The predicted octanol–water partition coefficient (Wildman–Crippen LogP) is 1.36.